The van der Waals surface area contributed by atoms with Gasteiger partial charge in [0.05, 0.1) is 12.1 Å². The molecule has 5 heteroatoms. The molecule has 1 aromatic heterocycles. The summed E-state index contributed by atoms with van der Waals surface area (Å²) in [5.74, 6) is 1.02. The molecular weight excluding hydrogens is 238 g/mol. The van der Waals surface area contributed by atoms with Crippen molar-refractivity contribution >= 4 is 5.82 Å². The fourth-order valence-electron chi connectivity index (χ4n) is 2.37. The fraction of sp³-hybridized carbons (Fsp3) is 0.643. The van der Waals surface area contributed by atoms with Gasteiger partial charge in [-0.05, 0) is 13.3 Å². The average Bonchev–Trinajstić information content (AvgIpc) is 2.47. The van der Waals surface area contributed by atoms with Crippen LogP contribution in [0.5, 0.6) is 0 Å². The third kappa shape index (κ3) is 3.42. The Morgan fingerprint density at radius 2 is 2.05 bits per heavy atom. The van der Waals surface area contributed by atoms with Crippen LogP contribution in [0.25, 0.3) is 0 Å². The zero-order valence-corrected chi connectivity index (χ0v) is 11.7. The van der Waals surface area contributed by atoms with Crippen molar-refractivity contribution in [3.8, 4) is 6.07 Å². The van der Waals surface area contributed by atoms with Crippen LogP contribution in [-0.2, 0) is 6.42 Å². The lowest BCUT2D eigenvalue weighted by Gasteiger charge is -2.36. The molecule has 19 heavy (non-hydrogen) atoms. The summed E-state index contributed by atoms with van der Waals surface area (Å²) in [4.78, 5) is 13.1. The van der Waals surface area contributed by atoms with E-state index in [1.54, 1.807) is 6.33 Å². The van der Waals surface area contributed by atoms with E-state index in [0.29, 0.717) is 0 Å². The first-order valence-electron chi connectivity index (χ1n) is 6.94. The van der Waals surface area contributed by atoms with Gasteiger partial charge in [0.2, 0.25) is 0 Å². The van der Waals surface area contributed by atoms with E-state index in [1.165, 1.54) is 0 Å². The van der Waals surface area contributed by atoms with E-state index in [4.69, 9.17) is 5.26 Å². The molecule has 1 aliphatic heterocycles. The summed E-state index contributed by atoms with van der Waals surface area (Å²) in [6.07, 6.45) is 3.76. The molecule has 1 unspecified atom stereocenters. The first-order valence-corrected chi connectivity index (χ1v) is 6.94. The lowest BCUT2D eigenvalue weighted by molar-refractivity contribution is 0.231. The Morgan fingerprint density at radius 1 is 1.32 bits per heavy atom. The highest BCUT2D eigenvalue weighted by Crippen LogP contribution is 2.15. The topological polar surface area (TPSA) is 56.0 Å². The summed E-state index contributed by atoms with van der Waals surface area (Å²) in [6.45, 7) is 7.80. The van der Waals surface area contributed by atoms with E-state index >= 15 is 0 Å². The van der Waals surface area contributed by atoms with Crippen LogP contribution in [-0.4, -0.2) is 47.1 Å². The van der Waals surface area contributed by atoms with Gasteiger partial charge >= 0.3 is 0 Å². The molecule has 1 aliphatic rings. The van der Waals surface area contributed by atoms with Crippen molar-refractivity contribution in [2.45, 2.75) is 32.7 Å². The minimum Gasteiger partial charge on any atom is -0.354 e. The normalized spacial score (nSPS) is 18.1. The highest BCUT2D eigenvalue weighted by Gasteiger charge is 2.21. The molecule has 0 spiro atoms. The second-order valence-electron chi connectivity index (χ2n) is 4.95. The first kappa shape index (κ1) is 13.8. The van der Waals surface area contributed by atoms with E-state index in [1.807, 2.05) is 6.92 Å². The number of nitriles is 1. The number of hydrogen-bond acceptors (Lipinski definition) is 5. The number of rotatable bonds is 4. The Kier molecular flexibility index (Phi) is 4.69. The van der Waals surface area contributed by atoms with Crippen LogP contribution in [0.3, 0.4) is 0 Å². The summed E-state index contributed by atoms with van der Waals surface area (Å²) < 4.78 is 0. The van der Waals surface area contributed by atoms with Gasteiger partial charge in [-0.15, -0.1) is 0 Å². The van der Waals surface area contributed by atoms with Crippen molar-refractivity contribution in [3.05, 3.63) is 18.1 Å². The number of anilines is 1. The van der Waals surface area contributed by atoms with Crippen LogP contribution in [0.4, 0.5) is 5.82 Å². The van der Waals surface area contributed by atoms with Crippen molar-refractivity contribution in [2.24, 2.45) is 0 Å². The van der Waals surface area contributed by atoms with Crippen LogP contribution >= 0.6 is 0 Å². The Labute approximate surface area is 114 Å². The molecule has 2 rings (SSSR count). The fourth-order valence-corrected chi connectivity index (χ4v) is 2.37. The molecule has 1 aromatic rings. The van der Waals surface area contributed by atoms with Crippen molar-refractivity contribution < 1.29 is 0 Å². The Balaban J connectivity index is 1.98. The highest BCUT2D eigenvalue weighted by molar-refractivity contribution is 5.39. The smallest absolute Gasteiger partial charge is 0.132 e. The standard InChI is InChI=1S/C14H21N5/c1-3-4-13-9-14(17-11-16-13)19-7-5-18(6-8-19)12(2)10-15/h9,11-12H,3-8H2,1-2H3. The van der Waals surface area contributed by atoms with Crippen molar-refractivity contribution in [1.29, 1.82) is 5.26 Å². The molecule has 0 aromatic carbocycles. The van der Waals surface area contributed by atoms with Crippen LogP contribution in [0.2, 0.25) is 0 Å². The van der Waals surface area contributed by atoms with Gasteiger partial charge in [0.15, 0.2) is 0 Å². The zero-order valence-electron chi connectivity index (χ0n) is 11.7. The number of aryl methyl sites for hydroxylation is 1. The quantitative estimate of drug-likeness (QED) is 0.819. The number of piperazine rings is 1. The minimum atomic E-state index is 0.00296. The Hall–Kier alpha value is -1.67. The van der Waals surface area contributed by atoms with Gasteiger partial charge in [-0.1, -0.05) is 13.3 Å². The molecule has 0 amide bonds. The SMILES string of the molecule is CCCc1cc(N2CCN(C(C)C#N)CC2)ncn1. The number of aromatic nitrogens is 2. The van der Waals surface area contributed by atoms with E-state index in [0.717, 1.165) is 50.5 Å². The molecule has 0 bridgehead atoms. The van der Waals surface area contributed by atoms with Crippen molar-refractivity contribution in [3.63, 3.8) is 0 Å². The zero-order chi connectivity index (χ0) is 13.7. The summed E-state index contributed by atoms with van der Waals surface area (Å²) in [6, 6.07) is 4.39. The second kappa shape index (κ2) is 6.48. The summed E-state index contributed by atoms with van der Waals surface area (Å²) in [5, 5.41) is 8.94. The first-order chi connectivity index (χ1) is 9.24. The number of nitrogens with zero attached hydrogens (tertiary/aromatic N) is 5. The monoisotopic (exact) mass is 259 g/mol. The van der Waals surface area contributed by atoms with Crippen LogP contribution in [0.15, 0.2) is 12.4 Å². The van der Waals surface area contributed by atoms with Gasteiger partial charge in [0.1, 0.15) is 12.1 Å². The molecule has 1 saturated heterocycles. The predicted octanol–water partition coefficient (Wildman–Crippen LogP) is 1.46. The van der Waals surface area contributed by atoms with Crippen molar-refractivity contribution in [1.82, 2.24) is 14.9 Å². The molecule has 0 saturated carbocycles. The molecule has 1 fully saturated rings. The molecule has 2 heterocycles. The lowest BCUT2D eigenvalue weighted by atomic mass is 10.2. The van der Waals surface area contributed by atoms with Gasteiger partial charge in [0, 0.05) is 37.9 Å². The van der Waals surface area contributed by atoms with Gasteiger partial charge in [-0.25, -0.2) is 9.97 Å². The van der Waals surface area contributed by atoms with Gasteiger partial charge < -0.3 is 4.90 Å². The van der Waals surface area contributed by atoms with E-state index in [-0.39, 0.29) is 6.04 Å². The van der Waals surface area contributed by atoms with Crippen LogP contribution in [0, 0.1) is 11.3 Å². The Morgan fingerprint density at radius 3 is 2.68 bits per heavy atom. The second-order valence-corrected chi connectivity index (χ2v) is 4.95. The Bertz CT molecular complexity index is 445. The summed E-state index contributed by atoms with van der Waals surface area (Å²) in [7, 11) is 0. The molecular formula is C14H21N5. The number of hydrogen-bond donors (Lipinski definition) is 0. The maximum Gasteiger partial charge on any atom is 0.132 e. The molecule has 102 valence electrons. The predicted molar refractivity (Wildman–Crippen MR) is 74.9 cm³/mol. The summed E-state index contributed by atoms with van der Waals surface area (Å²) in [5.41, 5.74) is 1.11. The molecule has 0 radical (unpaired) electrons. The largest absolute Gasteiger partial charge is 0.354 e. The van der Waals surface area contributed by atoms with Crippen LogP contribution in [0.1, 0.15) is 26.0 Å². The molecule has 0 N–H and O–H groups in total. The van der Waals surface area contributed by atoms with E-state index in [9.17, 15) is 0 Å². The maximum absolute atomic E-state index is 8.94. The third-order valence-electron chi connectivity index (χ3n) is 3.59. The van der Waals surface area contributed by atoms with E-state index in [2.05, 4.69) is 38.8 Å². The average molecular weight is 259 g/mol. The maximum atomic E-state index is 8.94. The molecule has 0 aliphatic carbocycles. The van der Waals surface area contributed by atoms with Gasteiger partial charge in [-0.3, -0.25) is 4.90 Å². The minimum absolute atomic E-state index is 0.00296. The highest BCUT2D eigenvalue weighted by atomic mass is 15.3. The van der Waals surface area contributed by atoms with E-state index < -0.39 is 0 Å². The molecule has 5 nitrogen and oxygen atoms in total. The van der Waals surface area contributed by atoms with Crippen LogP contribution < -0.4 is 4.90 Å². The lowest BCUT2D eigenvalue weighted by Crippen LogP contribution is -2.49. The summed E-state index contributed by atoms with van der Waals surface area (Å²) >= 11 is 0. The van der Waals surface area contributed by atoms with Gasteiger partial charge in [0.25, 0.3) is 0 Å². The molecule has 1 atom stereocenters. The third-order valence-corrected chi connectivity index (χ3v) is 3.59. The van der Waals surface area contributed by atoms with Crippen molar-refractivity contribution in [2.75, 3.05) is 31.1 Å². The van der Waals surface area contributed by atoms with Gasteiger partial charge in [-0.2, -0.15) is 5.26 Å².